The number of alkyl halides is 1. The second kappa shape index (κ2) is 4.01. The molecule has 14 heavy (non-hydrogen) atoms. The van der Waals surface area contributed by atoms with Gasteiger partial charge < -0.3 is 0 Å². The zero-order valence-corrected chi connectivity index (χ0v) is 10.6. The first-order chi connectivity index (χ1) is 6.41. The maximum absolute atomic E-state index is 12.0. The second-order valence-corrected chi connectivity index (χ2v) is 5.08. The zero-order chi connectivity index (χ0) is 10.9. The van der Waals surface area contributed by atoms with Crippen LogP contribution in [0.5, 0.6) is 0 Å². The first-order valence-corrected chi connectivity index (χ1v) is 5.98. The third-order valence-electron chi connectivity index (χ3n) is 3.14. The summed E-state index contributed by atoms with van der Waals surface area (Å²) in [6.45, 7) is 9.96. The van der Waals surface area contributed by atoms with Crippen molar-refractivity contribution < 1.29 is 4.79 Å². The molecule has 0 heterocycles. The Bertz CT molecular complexity index is 299. The van der Waals surface area contributed by atoms with Gasteiger partial charge in [0.25, 0.3) is 0 Å². The first-order valence-electron chi connectivity index (χ1n) is 4.86. The molecule has 0 aliphatic heterocycles. The van der Waals surface area contributed by atoms with Crippen LogP contribution >= 0.6 is 15.9 Å². The van der Waals surface area contributed by atoms with Gasteiger partial charge in [0.15, 0.2) is 5.78 Å². The van der Waals surface area contributed by atoms with Gasteiger partial charge in [-0.1, -0.05) is 48.0 Å². The molecule has 0 saturated carbocycles. The van der Waals surface area contributed by atoms with E-state index in [-0.39, 0.29) is 17.1 Å². The first kappa shape index (κ1) is 11.7. The molecular weight excluding hydrogens is 240 g/mol. The summed E-state index contributed by atoms with van der Waals surface area (Å²) < 4.78 is 0. The molecule has 0 amide bonds. The number of Topliss-reactive ketones (excluding diaryl/α,β-unsaturated/α-hetero) is 1. The molecule has 0 N–H and O–H groups in total. The fourth-order valence-electron chi connectivity index (χ4n) is 2.12. The maximum atomic E-state index is 12.0. The number of carbonyl (C=O) groups is 1. The number of hydrogen-bond acceptors (Lipinski definition) is 1. The van der Waals surface area contributed by atoms with E-state index in [2.05, 4.69) is 22.5 Å². The molecular formula is C12H17BrO. The van der Waals surface area contributed by atoms with E-state index >= 15 is 0 Å². The quantitative estimate of drug-likeness (QED) is 0.546. The van der Waals surface area contributed by atoms with Crippen LogP contribution in [-0.4, -0.2) is 11.1 Å². The van der Waals surface area contributed by atoms with Crippen molar-refractivity contribution in [1.82, 2.24) is 0 Å². The highest BCUT2D eigenvalue weighted by Crippen LogP contribution is 2.41. The number of allylic oxidation sites excluding steroid dienone is 3. The Morgan fingerprint density at radius 1 is 1.71 bits per heavy atom. The molecule has 0 aromatic heterocycles. The highest BCUT2D eigenvalue weighted by Gasteiger charge is 2.40. The molecule has 1 aliphatic carbocycles. The maximum Gasteiger partial charge on any atom is 0.164 e. The third-order valence-corrected chi connectivity index (χ3v) is 3.86. The van der Waals surface area contributed by atoms with E-state index in [0.717, 1.165) is 22.9 Å². The van der Waals surface area contributed by atoms with Crippen molar-refractivity contribution >= 4 is 21.7 Å². The van der Waals surface area contributed by atoms with E-state index in [1.807, 2.05) is 26.8 Å². The summed E-state index contributed by atoms with van der Waals surface area (Å²) in [7, 11) is 0. The fraction of sp³-hybridized carbons (Fsp3) is 0.583. The van der Waals surface area contributed by atoms with Gasteiger partial charge in [-0.2, -0.15) is 0 Å². The van der Waals surface area contributed by atoms with Crippen LogP contribution in [-0.2, 0) is 4.79 Å². The summed E-state index contributed by atoms with van der Waals surface area (Å²) >= 11 is 3.41. The van der Waals surface area contributed by atoms with Crippen molar-refractivity contribution in [2.45, 2.75) is 27.2 Å². The second-order valence-electron chi connectivity index (χ2n) is 4.52. The van der Waals surface area contributed by atoms with Crippen molar-refractivity contribution in [2.75, 3.05) is 5.33 Å². The fourth-order valence-corrected chi connectivity index (χ4v) is 2.51. The SMILES string of the molecule is C=C(CBr)C1CC=C(C)C(=O)C1(C)C. The lowest BCUT2D eigenvalue weighted by molar-refractivity contribution is -0.125. The lowest BCUT2D eigenvalue weighted by Gasteiger charge is -2.37. The Morgan fingerprint density at radius 3 is 2.79 bits per heavy atom. The number of rotatable bonds is 2. The highest BCUT2D eigenvalue weighted by atomic mass is 79.9. The third kappa shape index (κ3) is 1.85. The van der Waals surface area contributed by atoms with Crippen LogP contribution in [0.2, 0.25) is 0 Å². The molecule has 1 nitrogen and oxygen atoms in total. The molecule has 0 saturated heterocycles. The van der Waals surface area contributed by atoms with Crippen LogP contribution in [0.1, 0.15) is 27.2 Å². The summed E-state index contributed by atoms with van der Waals surface area (Å²) in [5.74, 6) is 0.536. The molecule has 1 atom stereocenters. The number of carbonyl (C=O) groups excluding carboxylic acids is 1. The molecule has 0 aromatic rings. The minimum Gasteiger partial charge on any atom is -0.294 e. The van der Waals surface area contributed by atoms with Gasteiger partial charge in [-0.05, 0) is 24.8 Å². The molecule has 2 heteroatoms. The van der Waals surface area contributed by atoms with Gasteiger partial charge in [-0.3, -0.25) is 4.79 Å². The largest absolute Gasteiger partial charge is 0.294 e. The van der Waals surface area contributed by atoms with E-state index in [1.54, 1.807) is 0 Å². The van der Waals surface area contributed by atoms with Crippen molar-refractivity contribution in [3.8, 4) is 0 Å². The number of halogens is 1. The molecule has 0 aromatic carbocycles. The molecule has 0 radical (unpaired) electrons. The number of hydrogen-bond donors (Lipinski definition) is 0. The van der Waals surface area contributed by atoms with Crippen molar-refractivity contribution in [1.29, 1.82) is 0 Å². The van der Waals surface area contributed by atoms with Crippen LogP contribution < -0.4 is 0 Å². The molecule has 0 fully saturated rings. The Hall–Kier alpha value is -0.370. The van der Waals surface area contributed by atoms with E-state index < -0.39 is 0 Å². The predicted molar refractivity (Wildman–Crippen MR) is 63.6 cm³/mol. The topological polar surface area (TPSA) is 17.1 Å². The van der Waals surface area contributed by atoms with Gasteiger partial charge in [-0.25, -0.2) is 0 Å². The van der Waals surface area contributed by atoms with E-state index in [4.69, 9.17) is 0 Å². The predicted octanol–water partition coefficient (Wildman–Crippen LogP) is 3.50. The van der Waals surface area contributed by atoms with E-state index in [9.17, 15) is 4.79 Å². The summed E-state index contributed by atoms with van der Waals surface area (Å²) in [6, 6.07) is 0. The number of ketones is 1. The van der Waals surface area contributed by atoms with Crippen LogP contribution in [0.25, 0.3) is 0 Å². The van der Waals surface area contributed by atoms with E-state index in [1.165, 1.54) is 0 Å². The molecule has 78 valence electrons. The summed E-state index contributed by atoms with van der Waals surface area (Å²) in [5.41, 5.74) is 1.73. The van der Waals surface area contributed by atoms with Gasteiger partial charge in [0.05, 0.1) is 0 Å². The van der Waals surface area contributed by atoms with Gasteiger partial charge >= 0.3 is 0 Å². The van der Waals surface area contributed by atoms with Gasteiger partial charge in [0.2, 0.25) is 0 Å². The van der Waals surface area contributed by atoms with Crippen LogP contribution in [0.4, 0.5) is 0 Å². The van der Waals surface area contributed by atoms with Gasteiger partial charge in [0, 0.05) is 10.7 Å². The highest BCUT2D eigenvalue weighted by molar-refractivity contribution is 9.09. The molecule has 1 aliphatic rings. The lowest BCUT2D eigenvalue weighted by Crippen LogP contribution is -2.37. The minimum atomic E-state index is -0.288. The van der Waals surface area contributed by atoms with Crippen molar-refractivity contribution in [3.05, 3.63) is 23.8 Å². The zero-order valence-electron chi connectivity index (χ0n) is 9.06. The van der Waals surface area contributed by atoms with Crippen LogP contribution in [0, 0.1) is 11.3 Å². The van der Waals surface area contributed by atoms with Crippen LogP contribution in [0.15, 0.2) is 23.8 Å². The van der Waals surface area contributed by atoms with Gasteiger partial charge in [-0.15, -0.1) is 0 Å². The summed E-state index contributed by atoms with van der Waals surface area (Å²) in [4.78, 5) is 12.0. The lowest BCUT2D eigenvalue weighted by atomic mass is 9.66. The van der Waals surface area contributed by atoms with Crippen molar-refractivity contribution in [2.24, 2.45) is 11.3 Å². The van der Waals surface area contributed by atoms with Crippen LogP contribution in [0.3, 0.4) is 0 Å². The molecule has 1 unspecified atom stereocenters. The standard InChI is InChI=1S/C12H17BrO/c1-8-5-6-10(9(2)7-13)12(3,4)11(8)14/h5,10H,2,6-7H2,1,3-4H3. The Kier molecular flexibility index (Phi) is 3.36. The molecule has 0 spiro atoms. The van der Waals surface area contributed by atoms with Gasteiger partial charge in [0.1, 0.15) is 0 Å². The average Bonchev–Trinajstić information content (AvgIpc) is 2.13. The minimum absolute atomic E-state index is 0.260. The Labute approximate surface area is 94.4 Å². The normalized spacial score (nSPS) is 25.9. The van der Waals surface area contributed by atoms with Crippen molar-refractivity contribution in [3.63, 3.8) is 0 Å². The molecule has 0 bridgehead atoms. The Morgan fingerprint density at radius 2 is 2.29 bits per heavy atom. The smallest absolute Gasteiger partial charge is 0.164 e. The summed E-state index contributed by atoms with van der Waals surface area (Å²) in [5, 5.41) is 0.779. The molecule has 1 rings (SSSR count). The summed E-state index contributed by atoms with van der Waals surface area (Å²) in [6.07, 6.45) is 2.97. The monoisotopic (exact) mass is 256 g/mol. The Balaban J connectivity index is 3.02. The average molecular weight is 257 g/mol. The van der Waals surface area contributed by atoms with E-state index in [0.29, 0.717) is 0 Å².